The maximum absolute atomic E-state index is 12.5. The van der Waals surface area contributed by atoms with Crippen LogP contribution in [0.1, 0.15) is 17.0 Å². The number of nitrogen functional groups attached to an aromatic ring is 1. The maximum atomic E-state index is 12.5. The molecular weight excluding hydrogens is 281 g/mol. The van der Waals surface area contributed by atoms with Gasteiger partial charge in [0.25, 0.3) is 0 Å². The Morgan fingerprint density at radius 2 is 1.76 bits per heavy atom. The summed E-state index contributed by atoms with van der Waals surface area (Å²) in [4.78, 5) is 0. The van der Waals surface area contributed by atoms with Crippen LogP contribution in [0.2, 0.25) is 0 Å². The number of fused-ring (bicyclic) bond motifs is 1. The van der Waals surface area contributed by atoms with Crippen molar-refractivity contribution in [1.82, 2.24) is 14.6 Å². The van der Waals surface area contributed by atoms with Gasteiger partial charge in [0, 0.05) is 12.6 Å². The van der Waals surface area contributed by atoms with Crippen molar-refractivity contribution in [3.63, 3.8) is 0 Å². The standard InChI is InChI=1S/C14H11F3N4/c15-14(16,17)10-5-3-9(4-6-10)8-12-19-20-13-11(18)2-1-7-21(12)13/h1-7H,8,18H2. The Bertz CT molecular complexity index is 775. The van der Waals surface area contributed by atoms with Gasteiger partial charge in [-0.05, 0) is 29.8 Å². The van der Waals surface area contributed by atoms with Crippen LogP contribution in [-0.4, -0.2) is 14.6 Å². The fraction of sp³-hybridized carbons (Fsp3) is 0.143. The summed E-state index contributed by atoms with van der Waals surface area (Å²) in [6.45, 7) is 0. The minimum atomic E-state index is -4.32. The zero-order valence-corrected chi connectivity index (χ0v) is 10.8. The fourth-order valence-electron chi connectivity index (χ4n) is 2.10. The molecule has 2 heterocycles. The summed E-state index contributed by atoms with van der Waals surface area (Å²) in [6, 6.07) is 8.49. The third-order valence-corrected chi connectivity index (χ3v) is 3.18. The molecule has 3 rings (SSSR count). The van der Waals surface area contributed by atoms with Crippen molar-refractivity contribution < 1.29 is 13.2 Å². The lowest BCUT2D eigenvalue weighted by atomic mass is 10.1. The Kier molecular flexibility index (Phi) is 3.04. The lowest BCUT2D eigenvalue weighted by molar-refractivity contribution is -0.137. The zero-order valence-electron chi connectivity index (χ0n) is 10.8. The fourth-order valence-corrected chi connectivity index (χ4v) is 2.10. The van der Waals surface area contributed by atoms with Crippen molar-refractivity contribution in [2.45, 2.75) is 12.6 Å². The predicted octanol–water partition coefficient (Wildman–Crippen LogP) is 2.92. The van der Waals surface area contributed by atoms with Crippen LogP contribution in [0.3, 0.4) is 0 Å². The monoisotopic (exact) mass is 292 g/mol. The summed E-state index contributed by atoms with van der Waals surface area (Å²) in [5, 5.41) is 8.01. The summed E-state index contributed by atoms with van der Waals surface area (Å²) in [5.74, 6) is 0.622. The molecular formula is C14H11F3N4. The number of alkyl halides is 3. The highest BCUT2D eigenvalue weighted by atomic mass is 19.4. The molecule has 0 saturated carbocycles. The van der Waals surface area contributed by atoms with E-state index in [1.165, 1.54) is 12.1 Å². The molecule has 7 heteroatoms. The normalized spacial score (nSPS) is 12.0. The molecule has 1 aromatic carbocycles. The van der Waals surface area contributed by atoms with E-state index in [1.807, 2.05) is 0 Å². The number of hydrogen-bond acceptors (Lipinski definition) is 3. The summed E-state index contributed by atoms with van der Waals surface area (Å²) < 4.78 is 39.3. The van der Waals surface area contributed by atoms with E-state index in [1.54, 1.807) is 22.7 Å². The van der Waals surface area contributed by atoms with Gasteiger partial charge in [0.1, 0.15) is 5.82 Å². The van der Waals surface area contributed by atoms with Gasteiger partial charge in [-0.2, -0.15) is 13.2 Å². The van der Waals surface area contributed by atoms with E-state index in [4.69, 9.17) is 5.73 Å². The Labute approximate surface area is 118 Å². The highest BCUT2D eigenvalue weighted by Crippen LogP contribution is 2.29. The van der Waals surface area contributed by atoms with Crippen LogP contribution in [0.25, 0.3) is 5.65 Å². The molecule has 0 aliphatic rings. The second kappa shape index (κ2) is 4.76. The van der Waals surface area contributed by atoms with Crippen molar-refractivity contribution in [2.75, 3.05) is 5.73 Å². The second-order valence-electron chi connectivity index (χ2n) is 4.64. The first kappa shape index (κ1) is 13.4. The number of rotatable bonds is 2. The Balaban J connectivity index is 1.90. The van der Waals surface area contributed by atoms with Gasteiger partial charge in [-0.1, -0.05) is 12.1 Å². The van der Waals surface area contributed by atoms with Crippen molar-refractivity contribution in [3.05, 3.63) is 59.5 Å². The molecule has 0 atom stereocenters. The maximum Gasteiger partial charge on any atom is 0.416 e. The van der Waals surface area contributed by atoms with Gasteiger partial charge >= 0.3 is 6.18 Å². The number of hydrogen-bond donors (Lipinski definition) is 1. The van der Waals surface area contributed by atoms with E-state index in [9.17, 15) is 13.2 Å². The number of nitrogens with two attached hydrogens (primary N) is 1. The first-order valence-corrected chi connectivity index (χ1v) is 6.19. The molecule has 0 spiro atoms. The van der Waals surface area contributed by atoms with E-state index in [0.29, 0.717) is 23.6 Å². The first-order valence-electron chi connectivity index (χ1n) is 6.19. The molecule has 3 aromatic rings. The van der Waals surface area contributed by atoms with Crippen molar-refractivity contribution in [3.8, 4) is 0 Å². The summed E-state index contributed by atoms with van der Waals surface area (Å²) in [5.41, 5.74) is 6.88. The quantitative estimate of drug-likeness (QED) is 0.790. The molecule has 0 saturated heterocycles. The molecule has 0 unspecified atom stereocenters. The molecule has 2 N–H and O–H groups in total. The smallest absolute Gasteiger partial charge is 0.396 e. The summed E-state index contributed by atoms with van der Waals surface area (Å²) in [7, 11) is 0. The number of anilines is 1. The Morgan fingerprint density at radius 3 is 2.43 bits per heavy atom. The van der Waals surface area contributed by atoms with Gasteiger partial charge < -0.3 is 5.73 Å². The molecule has 4 nitrogen and oxygen atoms in total. The lowest BCUT2D eigenvalue weighted by Crippen LogP contribution is -2.05. The van der Waals surface area contributed by atoms with E-state index < -0.39 is 11.7 Å². The molecule has 108 valence electrons. The molecule has 0 bridgehead atoms. The molecule has 0 aliphatic heterocycles. The van der Waals surface area contributed by atoms with Crippen LogP contribution in [0, 0.1) is 0 Å². The predicted molar refractivity (Wildman–Crippen MR) is 71.6 cm³/mol. The van der Waals surface area contributed by atoms with E-state index in [-0.39, 0.29) is 0 Å². The van der Waals surface area contributed by atoms with Crippen LogP contribution in [-0.2, 0) is 12.6 Å². The number of aromatic nitrogens is 3. The van der Waals surface area contributed by atoms with Gasteiger partial charge in [0.15, 0.2) is 5.65 Å². The number of pyridine rings is 1. The molecule has 0 amide bonds. The molecule has 0 fully saturated rings. The van der Waals surface area contributed by atoms with Gasteiger partial charge in [-0.25, -0.2) is 0 Å². The molecule has 0 radical (unpaired) electrons. The molecule has 0 aliphatic carbocycles. The van der Waals surface area contributed by atoms with Crippen LogP contribution < -0.4 is 5.73 Å². The molecule has 2 aromatic heterocycles. The Morgan fingerprint density at radius 1 is 1.05 bits per heavy atom. The van der Waals surface area contributed by atoms with Gasteiger partial charge in [0.05, 0.1) is 11.3 Å². The summed E-state index contributed by atoms with van der Waals surface area (Å²) >= 11 is 0. The van der Waals surface area contributed by atoms with Crippen LogP contribution >= 0.6 is 0 Å². The first-order chi connectivity index (χ1) is 9.95. The highest BCUT2D eigenvalue weighted by Gasteiger charge is 2.29. The van der Waals surface area contributed by atoms with Crippen LogP contribution in [0.4, 0.5) is 18.9 Å². The highest BCUT2D eigenvalue weighted by molar-refractivity contribution is 5.63. The van der Waals surface area contributed by atoms with Gasteiger partial charge in [-0.15, -0.1) is 10.2 Å². The summed E-state index contributed by atoms with van der Waals surface area (Å²) in [6.07, 6.45) is -2.18. The van der Waals surface area contributed by atoms with Gasteiger partial charge in [0.2, 0.25) is 0 Å². The lowest BCUT2D eigenvalue weighted by Gasteiger charge is -2.07. The minimum Gasteiger partial charge on any atom is -0.396 e. The minimum absolute atomic E-state index is 0.378. The molecule has 21 heavy (non-hydrogen) atoms. The van der Waals surface area contributed by atoms with Crippen LogP contribution in [0.5, 0.6) is 0 Å². The van der Waals surface area contributed by atoms with E-state index >= 15 is 0 Å². The Hall–Kier alpha value is -2.57. The topological polar surface area (TPSA) is 56.2 Å². The largest absolute Gasteiger partial charge is 0.416 e. The van der Waals surface area contributed by atoms with Crippen molar-refractivity contribution >= 4 is 11.3 Å². The van der Waals surface area contributed by atoms with Crippen molar-refractivity contribution in [2.24, 2.45) is 0 Å². The van der Waals surface area contributed by atoms with E-state index in [2.05, 4.69) is 10.2 Å². The van der Waals surface area contributed by atoms with Crippen LogP contribution in [0.15, 0.2) is 42.6 Å². The number of nitrogens with zero attached hydrogens (tertiary/aromatic N) is 3. The third-order valence-electron chi connectivity index (χ3n) is 3.18. The van der Waals surface area contributed by atoms with E-state index in [0.717, 1.165) is 17.7 Å². The average Bonchev–Trinajstić information content (AvgIpc) is 2.83. The third kappa shape index (κ3) is 2.54. The van der Waals surface area contributed by atoms with Crippen molar-refractivity contribution in [1.29, 1.82) is 0 Å². The zero-order chi connectivity index (χ0) is 15.0. The number of benzene rings is 1. The SMILES string of the molecule is Nc1cccn2c(Cc3ccc(C(F)(F)F)cc3)nnc12. The van der Waals surface area contributed by atoms with Gasteiger partial charge in [-0.3, -0.25) is 4.40 Å². The second-order valence-corrected chi connectivity index (χ2v) is 4.64. The number of halogens is 3. The average molecular weight is 292 g/mol.